The van der Waals surface area contributed by atoms with Crippen LogP contribution in [0.1, 0.15) is 53.8 Å². The number of nitrogens with zero attached hydrogens (tertiary/aromatic N) is 2. The Morgan fingerprint density at radius 2 is 1.54 bits per heavy atom. The van der Waals surface area contributed by atoms with Crippen LogP contribution in [-0.2, 0) is 4.84 Å². The summed E-state index contributed by atoms with van der Waals surface area (Å²) in [6.45, 7) is 4.35. The first-order chi connectivity index (χ1) is 17.3. The first-order valence-corrected chi connectivity index (χ1v) is 13.5. The van der Waals surface area contributed by atoms with Crippen molar-refractivity contribution < 1.29 is 4.84 Å². The molecule has 3 heterocycles. The van der Waals surface area contributed by atoms with Crippen molar-refractivity contribution in [2.24, 2.45) is 0 Å². The number of rotatable bonds is 5. The van der Waals surface area contributed by atoms with Crippen molar-refractivity contribution in [1.29, 1.82) is 0 Å². The van der Waals surface area contributed by atoms with E-state index in [0.717, 1.165) is 31.6 Å². The summed E-state index contributed by atoms with van der Waals surface area (Å²) in [5, 5.41) is 4.43. The summed E-state index contributed by atoms with van der Waals surface area (Å²) in [7, 11) is 0. The number of hydrogen-bond donors (Lipinski definition) is 0. The van der Waals surface area contributed by atoms with Gasteiger partial charge in [-0.3, -0.25) is 9.74 Å². The molecule has 3 nitrogen and oxygen atoms in total. The predicted molar refractivity (Wildman–Crippen MR) is 145 cm³/mol. The lowest BCUT2D eigenvalue weighted by Gasteiger charge is -2.44. The molecule has 0 radical (unpaired) electrons. The van der Waals surface area contributed by atoms with E-state index in [4.69, 9.17) is 4.84 Å². The zero-order valence-corrected chi connectivity index (χ0v) is 21.0. The summed E-state index contributed by atoms with van der Waals surface area (Å²) in [4.78, 5) is 11.2. The normalized spacial score (nSPS) is 25.7. The largest absolute Gasteiger partial charge is 0.294 e. The number of hydroxylamine groups is 1. The SMILES string of the molecule is C[C@H](c1ccccc1)N1CCC[C@@]2(C1)ON(c1ccccc1)[C@H](c1ccccc1)[C@@H]2c1cccs1. The molecular weight excluding hydrogens is 448 g/mol. The summed E-state index contributed by atoms with van der Waals surface area (Å²) in [6, 6.07) is 37.4. The lowest BCUT2D eigenvalue weighted by Crippen LogP contribution is -2.51. The minimum absolute atomic E-state index is 0.115. The van der Waals surface area contributed by atoms with Gasteiger partial charge in [-0.1, -0.05) is 84.9 Å². The molecule has 0 N–H and O–H groups in total. The van der Waals surface area contributed by atoms with Gasteiger partial charge >= 0.3 is 0 Å². The van der Waals surface area contributed by atoms with Crippen LogP contribution in [0.25, 0.3) is 0 Å². The number of para-hydroxylation sites is 1. The van der Waals surface area contributed by atoms with Crippen molar-refractivity contribution in [2.75, 3.05) is 18.2 Å². The average Bonchev–Trinajstić information content (AvgIpc) is 3.56. The van der Waals surface area contributed by atoms with E-state index in [1.165, 1.54) is 16.0 Å². The van der Waals surface area contributed by atoms with Crippen LogP contribution in [0.4, 0.5) is 5.69 Å². The molecule has 4 atom stereocenters. The molecular formula is C31H32N2OS. The van der Waals surface area contributed by atoms with E-state index < -0.39 is 0 Å². The Morgan fingerprint density at radius 3 is 2.23 bits per heavy atom. The molecule has 1 aromatic heterocycles. The van der Waals surface area contributed by atoms with Crippen LogP contribution in [0.15, 0.2) is 109 Å². The molecule has 178 valence electrons. The molecule has 0 saturated carbocycles. The molecule has 6 rings (SSSR count). The fraction of sp³-hybridized carbons (Fsp3) is 0.290. The summed E-state index contributed by atoms with van der Waals surface area (Å²) in [5.74, 6) is 0.246. The topological polar surface area (TPSA) is 15.7 Å². The van der Waals surface area contributed by atoms with E-state index in [0.29, 0.717) is 6.04 Å². The van der Waals surface area contributed by atoms with Gasteiger partial charge in [0.15, 0.2) is 0 Å². The smallest absolute Gasteiger partial charge is 0.119 e. The highest BCUT2D eigenvalue weighted by molar-refractivity contribution is 7.10. The third kappa shape index (κ3) is 4.20. The molecule has 2 aliphatic heterocycles. The van der Waals surface area contributed by atoms with Crippen LogP contribution in [-0.4, -0.2) is 23.6 Å². The van der Waals surface area contributed by atoms with Crippen LogP contribution < -0.4 is 5.06 Å². The minimum atomic E-state index is -0.289. The van der Waals surface area contributed by atoms with Gasteiger partial charge in [0, 0.05) is 17.5 Å². The molecule has 0 bridgehead atoms. The molecule has 0 unspecified atom stereocenters. The van der Waals surface area contributed by atoms with Gasteiger partial charge in [0.25, 0.3) is 0 Å². The number of thiophene rings is 1. The maximum atomic E-state index is 7.19. The van der Waals surface area contributed by atoms with Gasteiger partial charge < -0.3 is 0 Å². The Kier molecular flexibility index (Phi) is 6.19. The van der Waals surface area contributed by atoms with Gasteiger partial charge in [-0.25, -0.2) is 5.06 Å². The second kappa shape index (κ2) is 9.62. The first kappa shape index (κ1) is 22.5. The lowest BCUT2D eigenvalue weighted by atomic mass is 9.74. The van der Waals surface area contributed by atoms with Crippen LogP contribution >= 0.6 is 11.3 Å². The quantitative estimate of drug-likeness (QED) is 0.292. The molecule has 0 aliphatic carbocycles. The van der Waals surface area contributed by atoms with E-state index >= 15 is 0 Å². The zero-order chi connectivity index (χ0) is 23.7. The predicted octanol–water partition coefficient (Wildman–Crippen LogP) is 7.62. The van der Waals surface area contributed by atoms with Crippen molar-refractivity contribution in [2.45, 2.75) is 43.4 Å². The maximum absolute atomic E-state index is 7.19. The average molecular weight is 481 g/mol. The van der Waals surface area contributed by atoms with Crippen LogP contribution in [0.5, 0.6) is 0 Å². The molecule has 0 amide bonds. The Bertz CT molecular complexity index is 1210. The summed E-state index contributed by atoms with van der Waals surface area (Å²) < 4.78 is 0. The van der Waals surface area contributed by atoms with Gasteiger partial charge in [0.2, 0.25) is 0 Å². The Morgan fingerprint density at radius 1 is 0.857 bits per heavy atom. The lowest BCUT2D eigenvalue weighted by molar-refractivity contribution is -0.0784. The van der Waals surface area contributed by atoms with Crippen molar-refractivity contribution >= 4 is 17.0 Å². The van der Waals surface area contributed by atoms with Crippen molar-refractivity contribution in [3.8, 4) is 0 Å². The zero-order valence-electron chi connectivity index (χ0n) is 20.2. The van der Waals surface area contributed by atoms with Crippen molar-refractivity contribution in [1.82, 2.24) is 4.90 Å². The third-order valence-corrected chi connectivity index (χ3v) is 8.72. The molecule has 2 aliphatic rings. The van der Waals surface area contributed by atoms with Crippen LogP contribution in [0.2, 0.25) is 0 Å². The number of likely N-dealkylation sites (tertiary alicyclic amines) is 1. The van der Waals surface area contributed by atoms with Crippen LogP contribution in [0.3, 0.4) is 0 Å². The van der Waals surface area contributed by atoms with E-state index in [2.05, 4.69) is 125 Å². The molecule has 3 aromatic carbocycles. The first-order valence-electron chi connectivity index (χ1n) is 12.7. The van der Waals surface area contributed by atoms with Gasteiger partial charge in [0.05, 0.1) is 17.6 Å². The Hall–Kier alpha value is -2.92. The van der Waals surface area contributed by atoms with Crippen molar-refractivity contribution in [3.63, 3.8) is 0 Å². The highest BCUT2D eigenvalue weighted by Gasteiger charge is 2.57. The van der Waals surface area contributed by atoms with E-state index in [1.54, 1.807) is 0 Å². The molecule has 1 spiro atoms. The van der Waals surface area contributed by atoms with Crippen molar-refractivity contribution in [3.05, 3.63) is 125 Å². The summed E-state index contributed by atoms with van der Waals surface area (Å²) in [5.41, 5.74) is 3.50. The van der Waals surface area contributed by atoms with Crippen LogP contribution in [0, 0.1) is 0 Å². The minimum Gasteiger partial charge on any atom is -0.294 e. The molecule has 4 heteroatoms. The summed E-state index contributed by atoms with van der Waals surface area (Å²) >= 11 is 1.86. The van der Waals surface area contributed by atoms with Gasteiger partial charge in [-0.15, -0.1) is 11.3 Å². The molecule has 4 aromatic rings. The Labute approximate surface area is 212 Å². The second-order valence-electron chi connectivity index (χ2n) is 9.83. The maximum Gasteiger partial charge on any atom is 0.119 e. The van der Waals surface area contributed by atoms with Gasteiger partial charge in [0.1, 0.15) is 5.60 Å². The molecule has 2 fully saturated rings. The summed E-state index contributed by atoms with van der Waals surface area (Å²) in [6.07, 6.45) is 2.18. The molecule has 35 heavy (non-hydrogen) atoms. The number of hydrogen-bond acceptors (Lipinski definition) is 4. The van der Waals surface area contributed by atoms with Gasteiger partial charge in [-0.05, 0) is 61.0 Å². The fourth-order valence-corrected chi connectivity index (χ4v) is 7.03. The number of piperidine rings is 1. The van der Waals surface area contributed by atoms with E-state index in [9.17, 15) is 0 Å². The second-order valence-corrected chi connectivity index (χ2v) is 10.8. The highest BCUT2D eigenvalue weighted by Crippen LogP contribution is 2.57. The fourth-order valence-electron chi connectivity index (χ4n) is 6.07. The molecule has 2 saturated heterocycles. The third-order valence-electron chi connectivity index (χ3n) is 7.76. The number of benzene rings is 3. The highest BCUT2D eigenvalue weighted by atomic mass is 32.1. The Balaban J connectivity index is 1.45. The van der Waals surface area contributed by atoms with Gasteiger partial charge in [-0.2, -0.15) is 0 Å². The number of anilines is 1. The standard InChI is InChI=1S/C31H32N2OS/c1-24(25-13-5-2-6-14-25)32-21-12-20-31(23-32)29(28-19-11-22-35-28)30(26-15-7-3-8-16-26)33(34-31)27-17-9-4-10-18-27/h2-11,13-19,22,24,29-30H,12,20-21,23H2,1H3/t24-,29+,30-,31+/m1/s1. The monoisotopic (exact) mass is 480 g/mol. The van der Waals surface area contributed by atoms with E-state index in [-0.39, 0.29) is 17.6 Å². The van der Waals surface area contributed by atoms with E-state index in [1.807, 2.05) is 11.3 Å².